The number of halogens is 1. The zero-order chi connectivity index (χ0) is 38.4. The molecule has 0 spiro atoms. The van der Waals surface area contributed by atoms with Crippen LogP contribution in [0.25, 0.3) is 0 Å². The molecule has 15 nitrogen and oxygen atoms in total. The van der Waals surface area contributed by atoms with Crippen molar-refractivity contribution in [2.75, 3.05) is 24.9 Å². The summed E-state index contributed by atoms with van der Waals surface area (Å²) in [4.78, 5) is 44.3. The summed E-state index contributed by atoms with van der Waals surface area (Å²) >= 11 is 6.44. The lowest BCUT2D eigenvalue weighted by Crippen LogP contribution is -2.45. The van der Waals surface area contributed by atoms with Crippen LogP contribution in [-0.2, 0) is 30.8 Å². The molecule has 4 rings (SSSR count). The molecule has 280 valence electrons. The van der Waals surface area contributed by atoms with Gasteiger partial charge in [0.15, 0.2) is 0 Å². The Morgan fingerprint density at radius 1 is 1.06 bits per heavy atom. The Morgan fingerprint density at radius 3 is 2.33 bits per heavy atom. The highest BCUT2D eigenvalue weighted by atomic mass is 35.5. The smallest absolute Gasteiger partial charge is 0.424 e. The maximum absolute atomic E-state index is 14.4. The van der Waals surface area contributed by atoms with Crippen molar-refractivity contribution in [2.24, 2.45) is 5.28 Å². The molecule has 2 amide bonds. The van der Waals surface area contributed by atoms with Crippen LogP contribution in [0.2, 0.25) is 5.02 Å². The minimum Gasteiger partial charge on any atom is -0.569 e. The van der Waals surface area contributed by atoms with E-state index in [0.29, 0.717) is 29.4 Å². The van der Waals surface area contributed by atoms with Crippen LogP contribution in [0.4, 0.5) is 10.5 Å². The summed E-state index contributed by atoms with van der Waals surface area (Å²) in [6.07, 6.45) is -0.472. The Hall–Kier alpha value is -5.09. The van der Waals surface area contributed by atoms with E-state index in [2.05, 4.69) is 10.7 Å². The van der Waals surface area contributed by atoms with Crippen molar-refractivity contribution in [3.05, 3.63) is 99.2 Å². The van der Waals surface area contributed by atoms with E-state index in [-0.39, 0.29) is 27.2 Å². The average molecular weight is 759 g/mol. The van der Waals surface area contributed by atoms with E-state index >= 15 is 0 Å². The maximum atomic E-state index is 14.4. The summed E-state index contributed by atoms with van der Waals surface area (Å²) in [6, 6.07) is 15.8. The first-order chi connectivity index (χ1) is 24.5. The van der Waals surface area contributed by atoms with E-state index in [1.54, 1.807) is 39.6 Å². The fourth-order valence-corrected chi connectivity index (χ4v) is 7.40. The molecule has 0 bridgehead atoms. The minimum absolute atomic E-state index is 0.00740. The molecule has 0 fully saturated rings. The molecule has 0 saturated carbocycles. The number of hydrogen-bond acceptors (Lipinski definition) is 11. The van der Waals surface area contributed by atoms with Gasteiger partial charge < -0.3 is 19.5 Å². The first kappa shape index (κ1) is 39.7. The molecule has 17 heteroatoms. The van der Waals surface area contributed by atoms with Crippen LogP contribution >= 0.6 is 11.6 Å². The number of sulfonamides is 1. The average Bonchev–Trinajstić information content (AvgIpc) is 3.40. The van der Waals surface area contributed by atoms with Crippen LogP contribution in [0.15, 0.2) is 76.9 Å². The van der Waals surface area contributed by atoms with Gasteiger partial charge in [-0.25, -0.2) is 18.0 Å². The summed E-state index contributed by atoms with van der Waals surface area (Å²) in [5, 5.41) is 18.0. The third-order valence-corrected chi connectivity index (χ3v) is 10.4. The lowest BCUT2D eigenvalue weighted by molar-refractivity contribution is -0.710. The monoisotopic (exact) mass is 758 g/mol. The summed E-state index contributed by atoms with van der Waals surface area (Å²) in [7, 11) is -4.77. The van der Waals surface area contributed by atoms with E-state index in [9.17, 15) is 28.0 Å². The number of hydrogen-bond donors (Lipinski definition) is 1. The zero-order valence-corrected chi connectivity index (χ0v) is 31.6. The highest BCUT2D eigenvalue weighted by Gasteiger charge is 2.39. The number of esters is 1. The topological polar surface area (TPSA) is 173 Å². The SMILES string of the molecule is CCN(CC)[N+]([O-])=NOCOC(=O)c1ccc(C(C)N(C(=O)OC(C)(C)C)S(=O)(=O)c2cc(C(=O)NN3c4ccccc4CC3C)ccc2Cl)cc1. The number of fused-ring (bicyclic) bond motifs is 1. The molecular weight excluding hydrogens is 716 g/mol. The standard InChI is InChI=1S/C35H43ClN6O9S/c1-8-39(9-2)42(46)38-50-22-49-33(44)26-16-14-25(15-17-26)24(4)41(34(45)51-35(5,6)7)52(47,48)31-21-28(18-19-29(31)36)32(43)37-40-23(3)20-27-12-10-11-13-30(27)40/h10-19,21,23-24H,8-9,20,22H2,1-7H3,(H,37,43). The van der Waals surface area contributed by atoms with Crippen molar-refractivity contribution < 1.29 is 42.1 Å². The molecule has 1 aliphatic heterocycles. The number of carbonyl (C=O) groups excluding carboxylic acids is 3. The summed E-state index contributed by atoms with van der Waals surface area (Å²) in [5.74, 6) is -1.38. The fourth-order valence-electron chi connectivity index (χ4n) is 5.42. The molecule has 2 unspecified atom stereocenters. The molecule has 1 aliphatic rings. The van der Waals surface area contributed by atoms with Crippen molar-refractivity contribution in [1.82, 2.24) is 14.7 Å². The fraction of sp³-hybridized carbons (Fsp3) is 0.400. The Balaban J connectivity index is 1.58. The van der Waals surface area contributed by atoms with Gasteiger partial charge in [-0.05, 0) is 102 Å². The van der Waals surface area contributed by atoms with Gasteiger partial charge in [0, 0.05) is 5.56 Å². The molecule has 0 aliphatic carbocycles. The molecule has 1 heterocycles. The first-order valence-electron chi connectivity index (χ1n) is 16.6. The number of nitrogens with zero attached hydrogens (tertiary/aromatic N) is 5. The number of hydrazine groups is 2. The lowest BCUT2D eigenvalue weighted by atomic mass is 10.1. The van der Waals surface area contributed by atoms with Crippen molar-refractivity contribution >= 4 is 45.3 Å². The van der Waals surface area contributed by atoms with Crippen molar-refractivity contribution in [2.45, 2.75) is 77.5 Å². The van der Waals surface area contributed by atoms with Gasteiger partial charge in [0.1, 0.15) is 10.5 Å². The van der Waals surface area contributed by atoms with Gasteiger partial charge in [0.05, 0.1) is 46.4 Å². The van der Waals surface area contributed by atoms with E-state index in [1.165, 1.54) is 48.3 Å². The highest BCUT2D eigenvalue weighted by molar-refractivity contribution is 7.89. The van der Waals surface area contributed by atoms with Crippen LogP contribution in [0, 0.1) is 5.21 Å². The summed E-state index contributed by atoms with van der Waals surface area (Å²) in [6.45, 7) is 11.9. The second-order valence-electron chi connectivity index (χ2n) is 12.9. The van der Waals surface area contributed by atoms with Gasteiger partial charge in [-0.2, -0.15) is 4.31 Å². The number of ether oxygens (including phenoxy) is 2. The highest BCUT2D eigenvalue weighted by Crippen LogP contribution is 2.34. The van der Waals surface area contributed by atoms with Crippen molar-refractivity contribution in [3.63, 3.8) is 0 Å². The number of benzene rings is 3. The number of rotatable bonds is 13. The number of anilines is 1. The van der Waals surface area contributed by atoms with E-state index in [0.717, 1.165) is 17.3 Å². The van der Waals surface area contributed by atoms with Crippen LogP contribution in [0.3, 0.4) is 0 Å². The van der Waals surface area contributed by atoms with Gasteiger partial charge in [-0.3, -0.25) is 15.2 Å². The van der Waals surface area contributed by atoms with Crippen molar-refractivity contribution in [3.8, 4) is 0 Å². The normalized spacial score (nSPS) is 15.0. The molecule has 0 aromatic heterocycles. The maximum Gasteiger partial charge on any atom is 0.424 e. The number of amides is 2. The van der Waals surface area contributed by atoms with Gasteiger partial charge in [-0.15, -0.1) is 5.01 Å². The van der Waals surface area contributed by atoms with Gasteiger partial charge in [-0.1, -0.05) is 41.9 Å². The number of nitrogens with one attached hydrogen (secondary N) is 1. The predicted molar refractivity (Wildman–Crippen MR) is 191 cm³/mol. The zero-order valence-electron chi connectivity index (χ0n) is 30.0. The quantitative estimate of drug-likeness (QED) is 0.0511. The van der Waals surface area contributed by atoms with Crippen LogP contribution in [-0.4, -0.2) is 72.2 Å². The second kappa shape index (κ2) is 16.5. The Kier molecular flexibility index (Phi) is 12.6. The second-order valence-corrected chi connectivity index (χ2v) is 15.1. The van der Waals surface area contributed by atoms with E-state index in [4.69, 9.17) is 25.9 Å². The third kappa shape index (κ3) is 9.22. The molecule has 0 saturated heterocycles. The number of para-hydroxylation sites is 1. The molecule has 52 heavy (non-hydrogen) atoms. The van der Waals surface area contributed by atoms with Gasteiger partial charge in [0.2, 0.25) is 5.28 Å². The molecule has 0 radical (unpaired) electrons. The number of carbonyl (C=O) groups is 3. The lowest BCUT2D eigenvalue weighted by Gasteiger charge is -2.31. The van der Waals surface area contributed by atoms with Crippen LogP contribution in [0.5, 0.6) is 0 Å². The molecule has 3 aromatic carbocycles. The van der Waals surface area contributed by atoms with Gasteiger partial charge >= 0.3 is 12.1 Å². The molecule has 1 N–H and O–H groups in total. The Bertz CT molecular complexity index is 1910. The molecular formula is C35H43ClN6O9S. The Labute approximate surface area is 308 Å². The van der Waals surface area contributed by atoms with Crippen LogP contribution < -0.4 is 10.4 Å². The third-order valence-electron chi connectivity index (χ3n) is 8.06. The Morgan fingerprint density at radius 2 is 1.69 bits per heavy atom. The van der Waals surface area contributed by atoms with Gasteiger partial charge in [0.25, 0.3) is 22.7 Å². The molecule has 2 atom stereocenters. The predicted octanol–water partition coefficient (Wildman–Crippen LogP) is 6.39. The van der Waals surface area contributed by atoms with E-state index < -0.39 is 51.3 Å². The largest absolute Gasteiger partial charge is 0.569 e. The van der Waals surface area contributed by atoms with Crippen LogP contribution in [0.1, 0.15) is 86.4 Å². The minimum atomic E-state index is -4.77. The summed E-state index contributed by atoms with van der Waals surface area (Å²) < 4.78 is 39.8. The first-order valence-corrected chi connectivity index (χ1v) is 18.4. The summed E-state index contributed by atoms with van der Waals surface area (Å²) in [5.41, 5.74) is 4.05. The molecule has 3 aromatic rings. The van der Waals surface area contributed by atoms with Crippen molar-refractivity contribution in [1.29, 1.82) is 0 Å². The van der Waals surface area contributed by atoms with E-state index in [1.807, 2.05) is 31.2 Å².